The second-order valence-electron chi connectivity index (χ2n) is 7.83. The lowest BCUT2D eigenvalue weighted by Gasteiger charge is -2.33. The summed E-state index contributed by atoms with van der Waals surface area (Å²) in [6.07, 6.45) is 0.185. The highest BCUT2D eigenvalue weighted by molar-refractivity contribution is 7.89. The van der Waals surface area contributed by atoms with Crippen molar-refractivity contribution in [1.82, 2.24) is 19.3 Å². The van der Waals surface area contributed by atoms with Crippen LogP contribution in [0.2, 0.25) is 10.0 Å². The Kier molecular flexibility index (Phi) is 7.60. The van der Waals surface area contributed by atoms with Crippen molar-refractivity contribution in [2.24, 2.45) is 0 Å². The Balaban J connectivity index is 1.40. The molecule has 2 aromatic carbocycles. The van der Waals surface area contributed by atoms with E-state index in [2.05, 4.69) is 15.5 Å². The lowest BCUT2D eigenvalue weighted by atomic mass is 10.1. The van der Waals surface area contributed by atoms with E-state index in [0.29, 0.717) is 32.7 Å². The standard InChI is InChI=1S/C22H22Cl2FN5O4S/c1-2-35(32,33)30-9-7-29(8-10-30)22(31)26-16-11-18(23)17(19(24)12-16)13-20-27-21(34-28-20)14-3-5-15(25)6-4-14/h3-6,11-12H,2,7-10,13H2,1H3,(H,26,31). The lowest BCUT2D eigenvalue weighted by molar-refractivity contribution is 0.184. The zero-order valence-corrected chi connectivity index (χ0v) is 21.0. The van der Waals surface area contributed by atoms with Gasteiger partial charge in [-0.2, -0.15) is 9.29 Å². The molecule has 0 radical (unpaired) electrons. The van der Waals surface area contributed by atoms with Crippen LogP contribution in [0.4, 0.5) is 14.9 Å². The third-order valence-corrected chi connectivity index (χ3v) is 8.13. The van der Waals surface area contributed by atoms with Gasteiger partial charge in [-0.15, -0.1) is 0 Å². The van der Waals surface area contributed by atoms with Gasteiger partial charge in [-0.25, -0.2) is 17.6 Å². The van der Waals surface area contributed by atoms with Gasteiger partial charge in [-0.1, -0.05) is 28.4 Å². The number of aromatic nitrogens is 2. The number of piperazine rings is 1. The molecule has 2 heterocycles. The molecule has 0 spiro atoms. The van der Waals surface area contributed by atoms with Crippen LogP contribution in [0.5, 0.6) is 0 Å². The zero-order chi connectivity index (χ0) is 25.2. The maximum absolute atomic E-state index is 13.1. The minimum absolute atomic E-state index is 0.0277. The average Bonchev–Trinajstić information content (AvgIpc) is 3.30. The van der Waals surface area contributed by atoms with Crippen LogP contribution in [0.3, 0.4) is 0 Å². The minimum Gasteiger partial charge on any atom is -0.334 e. The number of nitrogens with zero attached hydrogens (tertiary/aromatic N) is 4. The molecule has 0 aliphatic carbocycles. The molecule has 35 heavy (non-hydrogen) atoms. The molecule has 1 aliphatic rings. The highest BCUT2D eigenvalue weighted by Gasteiger charge is 2.28. The molecule has 2 amide bonds. The van der Waals surface area contributed by atoms with Crippen LogP contribution in [0, 0.1) is 5.82 Å². The van der Waals surface area contributed by atoms with Gasteiger partial charge >= 0.3 is 6.03 Å². The molecule has 1 fully saturated rings. The van der Waals surface area contributed by atoms with E-state index >= 15 is 0 Å². The molecule has 1 saturated heterocycles. The zero-order valence-electron chi connectivity index (χ0n) is 18.7. The van der Waals surface area contributed by atoms with Gasteiger partial charge in [0, 0.05) is 53.9 Å². The number of halogens is 3. The lowest BCUT2D eigenvalue weighted by Crippen LogP contribution is -2.51. The van der Waals surface area contributed by atoms with Crippen molar-refractivity contribution in [2.75, 3.05) is 37.2 Å². The Morgan fingerprint density at radius 1 is 1.11 bits per heavy atom. The molecule has 0 saturated carbocycles. The summed E-state index contributed by atoms with van der Waals surface area (Å²) < 4.78 is 43.7. The highest BCUT2D eigenvalue weighted by Crippen LogP contribution is 2.31. The van der Waals surface area contributed by atoms with Gasteiger partial charge < -0.3 is 14.7 Å². The first-order chi connectivity index (χ1) is 16.7. The number of hydrogen-bond donors (Lipinski definition) is 1. The molecule has 0 unspecified atom stereocenters. The summed E-state index contributed by atoms with van der Waals surface area (Å²) in [4.78, 5) is 18.5. The molecule has 3 aromatic rings. The number of urea groups is 1. The van der Waals surface area contributed by atoms with Gasteiger partial charge in [0.05, 0.1) is 5.75 Å². The molecular weight excluding hydrogens is 520 g/mol. The second-order valence-corrected chi connectivity index (χ2v) is 10.9. The number of carbonyl (C=O) groups is 1. The number of carbonyl (C=O) groups excluding carboxylic acids is 1. The summed E-state index contributed by atoms with van der Waals surface area (Å²) in [7, 11) is -3.28. The maximum atomic E-state index is 13.1. The van der Waals surface area contributed by atoms with E-state index in [0.717, 1.165) is 0 Å². The third kappa shape index (κ3) is 5.92. The highest BCUT2D eigenvalue weighted by atomic mass is 35.5. The van der Waals surface area contributed by atoms with Crippen LogP contribution in [0.15, 0.2) is 40.9 Å². The smallest absolute Gasteiger partial charge is 0.321 e. The summed E-state index contributed by atoms with van der Waals surface area (Å²) >= 11 is 12.9. The average molecular weight is 542 g/mol. The molecule has 13 heteroatoms. The second kappa shape index (κ2) is 10.5. The Bertz CT molecular complexity index is 1300. The summed E-state index contributed by atoms with van der Waals surface area (Å²) in [5, 5.41) is 7.30. The largest absolute Gasteiger partial charge is 0.334 e. The van der Waals surface area contributed by atoms with E-state index in [-0.39, 0.29) is 56.1 Å². The molecule has 9 nitrogen and oxygen atoms in total. The molecule has 0 atom stereocenters. The molecule has 186 valence electrons. The summed E-state index contributed by atoms with van der Waals surface area (Å²) in [6, 6.07) is 8.43. The van der Waals surface area contributed by atoms with E-state index in [9.17, 15) is 17.6 Å². The van der Waals surface area contributed by atoms with Crippen molar-refractivity contribution in [3.63, 3.8) is 0 Å². The van der Waals surface area contributed by atoms with Crippen LogP contribution in [0.1, 0.15) is 18.3 Å². The van der Waals surface area contributed by atoms with Gasteiger partial charge in [0.2, 0.25) is 10.0 Å². The van der Waals surface area contributed by atoms with Gasteiger partial charge in [-0.05, 0) is 48.9 Å². The fourth-order valence-corrected chi connectivity index (χ4v) is 5.30. The predicted molar refractivity (Wildman–Crippen MR) is 131 cm³/mol. The Morgan fingerprint density at radius 2 is 1.74 bits per heavy atom. The first kappa shape index (κ1) is 25.4. The van der Waals surface area contributed by atoms with Crippen LogP contribution in [0.25, 0.3) is 11.5 Å². The number of amides is 2. The van der Waals surface area contributed by atoms with E-state index in [1.165, 1.54) is 33.5 Å². The summed E-state index contributed by atoms with van der Waals surface area (Å²) in [5.74, 6) is 0.235. The SMILES string of the molecule is CCS(=O)(=O)N1CCN(C(=O)Nc2cc(Cl)c(Cc3noc(-c4ccc(F)cc4)n3)c(Cl)c2)CC1. The first-order valence-electron chi connectivity index (χ1n) is 10.8. The van der Waals surface area contributed by atoms with E-state index in [1.54, 1.807) is 19.1 Å². The van der Waals surface area contributed by atoms with Gasteiger partial charge in [0.15, 0.2) is 5.82 Å². The van der Waals surface area contributed by atoms with Crippen molar-refractivity contribution in [3.8, 4) is 11.5 Å². The normalized spacial score (nSPS) is 14.8. The number of hydrogen-bond acceptors (Lipinski definition) is 6. The number of benzene rings is 2. The third-order valence-electron chi connectivity index (χ3n) is 5.57. The monoisotopic (exact) mass is 541 g/mol. The van der Waals surface area contributed by atoms with Crippen LogP contribution < -0.4 is 5.32 Å². The van der Waals surface area contributed by atoms with Crippen LogP contribution in [-0.4, -0.2) is 65.7 Å². The van der Waals surface area contributed by atoms with Gasteiger partial charge in [0.1, 0.15) is 5.82 Å². The molecular formula is C22H22Cl2FN5O4S. The number of anilines is 1. The van der Waals surface area contributed by atoms with Crippen molar-refractivity contribution in [2.45, 2.75) is 13.3 Å². The topological polar surface area (TPSA) is 109 Å². The number of rotatable bonds is 6. The van der Waals surface area contributed by atoms with Crippen molar-refractivity contribution in [1.29, 1.82) is 0 Å². The number of nitrogens with one attached hydrogen (secondary N) is 1. The fourth-order valence-electron chi connectivity index (χ4n) is 3.59. The Morgan fingerprint density at radius 3 is 2.34 bits per heavy atom. The molecule has 0 bridgehead atoms. The van der Waals surface area contributed by atoms with Gasteiger partial charge in [-0.3, -0.25) is 0 Å². The Hall–Kier alpha value is -2.73. The first-order valence-corrected chi connectivity index (χ1v) is 13.1. The van der Waals surface area contributed by atoms with Crippen LogP contribution >= 0.6 is 23.2 Å². The van der Waals surface area contributed by atoms with E-state index < -0.39 is 10.0 Å². The minimum atomic E-state index is -3.28. The summed E-state index contributed by atoms with van der Waals surface area (Å²) in [5.41, 5.74) is 1.53. The fraction of sp³-hybridized carbons (Fsp3) is 0.318. The van der Waals surface area contributed by atoms with E-state index in [4.69, 9.17) is 27.7 Å². The summed E-state index contributed by atoms with van der Waals surface area (Å²) in [6.45, 7) is 2.63. The van der Waals surface area contributed by atoms with E-state index in [1.807, 2.05) is 0 Å². The molecule has 4 rings (SSSR count). The van der Waals surface area contributed by atoms with Crippen LogP contribution in [-0.2, 0) is 16.4 Å². The quantitative estimate of drug-likeness (QED) is 0.499. The molecule has 1 aromatic heterocycles. The van der Waals surface area contributed by atoms with Crippen molar-refractivity contribution < 1.29 is 22.1 Å². The van der Waals surface area contributed by atoms with Crippen molar-refractivity contribution in [3.05, 3.63) is 63.6 Å². The predicted octanol–water partition coefficient (Wildman–Crippen LogP) is 4.27. The Labute approximate surface area is 211 Å². The molecule has 1 N–H and O–H groups in total. The van der Waals surface area contributed by atoms with Crippen molar-refractivity contribution >= 4 is 44.9 Å². The maximum Gasteiger partial charge on any atom is 0.321 e. The molecule has 1 aliphatic heterocycles. The number of sulfonamides is 1. The van der Waals surface area contributed by atoms with Gasteiger partial charge in [0.25, 0.3) is 5.89 Å².